The lowest BCUT2D eigenvalue weighted by Crippen LogP contribution is -2.09. The van der Waals surface area contributed by atoms with E-state index in [0.29, 0.717) is 29.2 Å². The lowest BCUT2D eigenvalue weighted by molar-refractivity contribution is -0.137. The van der Waals surface area contributed by atoms with Crippen molar-refractivity contribution in [1.29, 1.82) is 0 Å². The standard InChI is InChI=1S/C17H15F3N6O2/c1-9-4-22-17(24-11-5-23-26(7-11)8-15(27)28)25-16(9)21-6-12-13(19)2-10(18)3-14(12)20/h2-5,7H,6,8H2,1H3,(H,27,28)(H2,21,22,24,25). The molecule has 0 atom stereocenters. The van der Waals surface area contributed by atoms with Gasteiger partial charge in [-0.25, -0.2) is 18.2 Å². The van der Waals surface area contributed by atoms with Crippen LogP contribution in [0.4, 0.5) is 30.6 Å². The molecule has 0 amide bonds. The molecule has 3 N–H and O–H groups in total. The van der Waals surface area contributed by atoms with Crippen molar-refractivity contribution in [2.45, 2.75) is 20.0 Å². The van der Waals surface area contributed by atoms with Crippen LogP contribution in [0.2, 0.25) is 0 Å². The second kappa shape index (κ2) is 7.94. The van der Waals surface area contributed by atoms with E-state index in [1.807, 2.05) is 0 Å². The molecule has 28 heavy (non-hydrogen) atoms. The largest absolute Gasteiger partial charge is 0.480 e. The lowest BCUT2D eigenvalue weighted by atomic mass is 10.2. The fourth-order valence-corrected chi connectivity index (χ4v) is 2.38. The molecule has 0 radical (unpaired) electrons. The summed E-state index contributed by atoms with van der Waals surface area (Å²) in [5, 5.41) is 18.3. The number of nitrogens with one attached hydrogen (secondary N) is 2. The van der Waals surface area contributed by atoms with Crippen LogP contribution in [0.15, 0.2) is 30.7 Å². The van der Waals surface area contributed by atoms with Crippen molar-refractivity contribution >= 4 is 23.4 Å². The molecule has 11 heteroatoms. The molecule has 3 rings (SSSR count). The highest BCUT2D eigenvalue weighted by molar-refractivity contribution is 5.66. The number of carboxylic acid groups (broad SMARTS) is 1. The molecule has 0 fully saturated rings. The van der Waals surface area contributed by atoms with Crippen LogP contribution in [0.1, 0.15) is 11.1 Å². The molecule has 0 aliphatic rings. The molecular weight excluding hydrogens is 377 g/mol. The normalized spacial score (nSPS) is 10.7. The van der Waals surface area contributed by atoms with Crippen molar-refractivity contribution in [2.75, 3.05) is 10.6 Å². The number of rotatable bonds is 7. The highest BCUT2D eigenvalue weighted by Gasteiger charge is 2.13. The number of carboxylic acids is 1. The van der Waals surface area contributed by atoms with Crippen LogP contribution >= 0.6 is 0 Å². The maximum Gasteiger partial charge on any atom is 0.325 e. The molecular formula is C17H15F3N6O2. The molecule has 8 nitrogen and oxygen atoms in total. The summed E-state index contributed by atoms with van der Waals surface area (Å²) in [5.41, 5.74) is 0.769. The maximum absolute atomic E-state index is 13.8. The van der Waals surface area contributed by atoms with Gasteiger partial charge in [-0.05, 0) is 6.92 Å². The SMILES string of the molecule is Cc1cnc(Nc2cnn(CC(=O)O)c2)nc1NCc1c(F)cc(F)cc1F. The van der Waals surface area contributed by atoms with Crippen LogP contribution in [-0.2, 0) is 17.9 Å². The zero-order valence-corrected chi connectivity index (χ0v) is 14.6. The third kappa shape index (κ3) is 4.55. The van der Waals surface area contributed by atoms with Crippen molar-refractivity contribution in [3.05, 3.63) is 59.3 Å². The average Bonchev–Trinajstić information content (AvgIpc) is 3.02. The molecule has 2 heterocycles. The number of carbonyl (C=O) groups is 1. The predicted octanol–water partition coefficient (Wildman–Crippen LogP) is 2.84. The van der Waals surface area contributed by atoms with E-state index < -0.39 is 23.4 Å². The number of nitrogens with zero attached hydrogens (tertiary/aromatic N) is 4. The van der Waals surface area contributed by atoms with Gasteiger partial charge in [0.2, 0.25) is 5.95 Å². The summed E-state index contributed by atoms with van der Waals surface area (Å²) in [5.74, 6) is -3.54. The first kappa shape index (κ1) is 19.1. The fourth-order valence-electron chi connectivity index (χ4n) is 2.38. The van der Waals surface area contributed by atoms with Crippen molar-refractivity contribution in [3.8, 4) is 0 Å². The monoisotopic (exact) mass is 392 g/mol. The number of anilines is 3. The third-order valence-electron chi connectivity index (χ3n) is 3.70. The second-order valence-electron chi connectivity index (χ2n) is 5.87. The van der Waals surface area contributed by atoms with Crippen LogP contribution < -0.4 is 10.6 Å². The molecule has 2 aromatic heterocycles. The van der Waals surface area contributed by atoms with Gasteiger partial charge in [0.05, 0.1) is 11.9 Å². The van der Waals surface area contributed by atoms with E-state index in [-0.39, 0.29) is 24.6 Å². The van der Waals surface area contributed by atoms with Crippen LogP contribution in [0.25, 0.3) is 0 Å². The average molecular weight is 392 g/mol. The van der Waals surface area contributed by atoms with E-state index in [4.69, 9.17) is 5.11 Å². The first-order chi connectivity index (χ1) is 13.3. The minimum atomic E-state index is -1.03. The molecule has 146 valence electrons. The Bertz CT molecular complexity index is 1000. The molecule has 0 saturated carbocycles. The molecule has 3 aromatic rings. The van der Waals surface area contributed by atoms with Gasteiger partial charge in [0.15, 0.2) is 0 Å². The number of aliphatic carboxylic acids is 1. The summed E-state index contributed by atoms with van der Waals surface area (Å²) in [7, 11) is 0. The van der Waals surface area contributed by atoms with Gasteiger partial charge in [0.1, 0.15) is 29.8 Å². The Labute approximate surface area is 157 Å². The molecule has 0 aliphatic carbocycles. The summed E-state index contributed by atoms with van der Waals surface area (Å²) in [6, 6.07) is 1.21. The van der Waals surface area contributed by atoms with Gasteiger partial charge in [0, 0.05) is 42.2 Å². The minimum Gasteiger partial charge on any atom is -0.480 e. The smallest absolute Gasteiger partial charge is 0.325 e. The van der Waals surface area contributed by atoms with Gasteiger partial charge in [-0.1, -0.05) is 0 Å². The van der Waals surface area contributed by atoms with Crippen LogP contribution in [-0.4, -0.2) is 30.8 Å². The second-order valence-corrected chi connectivity index (χ2v) is 5.87. The van der Waals surface area contributed by atoms with Crippen molar-refractivity contribution in [2.24, 2.45) is 0 Å². The van der Waals surface area contributed by atoms with Crippen molar-refractivity contribution in [3.63, 3.8) is 0 Å². The molecule has 0 bridgehead atoms. The number of aryl methyl sites for hydroxylation is 1. The van der Waals surface area contributed by atoms with E-state index >= 15 is 0 Å². The number of hydrogen-bond acceptors (Lipinski definition) is 6. The van der Waals surface area contributed by atoms with Crippen molar-refractivity contribution < 1.29 is 23.1 Å². The van der Waals surface area contributed by atoms with Crippen molar-refractivity contribution in [1.82, 2.24) is 19.7 Å². The molecule has 0 unspecified atom stereocenters. The number of halogens is 3. The van der Waals surface area contributed by atoms with Gasteiger partial charge < -0.3 is 15.7 Å². The lowest BCUT2D eigenvalue weighted by Gasteiger charge is -2.11. The molecule has 0 aliphatic heterocycles. The highest BCUT2D eigenvalue weighted by Crippen LogP contribution is 2.20. The highest BCUT2D eigenvalue weighted by atomic mass is 19.1. The zero-order chi connectivity index (χ0) is 20.3. The molecule has 0 saturated heterocycles. The van der Waals surface area contributed by atoms with Crippen LogP contribution in [0, 0.1) is 24.4 Å². The Kier molecular flexibility index (Phi) is 5.43. The van der Waals surface area contributed by atoms with E-state index in [2.05, 4.69) is 25.7 Å². The van der Waals surface area contributed by atoms with Gasteiger partial charge in [-0.2, -0.15) is 10.1 Å². The minimum absolute atomic E-state index is 0.169. The molecule has 0 spiro atoms. The van der Waals surface area contributed by atoms with E-state index in [1.165, 1.54) is 23.3 Å². The van der Waals surface area contributed by atoms with E-state index in [1.54, 1.807) is 6.92 Å². The summed E-state index contributed by atoms with van der Waals surface area (Å²) >= 11 is 0. The van der Waals surface area contributed by atoms with Gasteiger partial charge >= 0.3 is 5.97 Å². The Morgan fingerprint density at radius 3 is 2.61 bits per heavy atom. The first-order valence-corrected chi connectivity index (χ1v) is 8.04. The van der Waals surface area contributed by atoms with Crippen LogP contribution in [0.3, 0.4) is 0 Å². The number of aromatic nitrogens is 4. The Balaban J connectivity index is 1.73. The fraction of sp³-hybridized carbons (Fsp3) is 0.176. The summed E-state index contributed by atoms with van der Waals surface area (Å²) in [6.07, 6.45) is 4.37. The quantitative estimate of drug-likeness (QED) is 0.568. The Morgan fingerprint density at radius 1 is 1.21 bits per heavy atom. The summed E-state index contributed by atoms with van der Waals surface area (Å²) in [6.45, 7) is 1.16. The Hall–Kier alpha value is -3.63. The predicted molar refractivity (Wildman–Crippen MR) is 93.6 cm³/mol. The maximum atomic E-state index is 13.8. The summed E-state index contributed by atoms with van der Waals surface area (Å²) < 4.78 is 41.7. The Morgan fingerprint density at radius 2 is 1.93 bits per heavy atom. The zero-order valence-electron chi connectivity index (χ0n) is 14.6. The third-order valence-corrected chi connectivity index (χ3v) is 3.70. The van der Waals surface area contributed by atoms with Gasteiger partial charge in [-0.3, -0.25) is 9.48 Å². The number of hydrogen-bond donors (Lipinski definition) is 3. The van der Waals surface area contributed by atoms with Gasteiger partial charge in [-0.15, -0.1) is 0 Å². The van der Waals surface area contributed by atoms with E-state index in [0.717, 1.165) is 0 Å². The van der Waals surface area contributed by atoms with E-state index in [9.17, 15) is 18.0 Å². The topological polar surface area (TPSA) is 105 Å². The van der Waals surface area contributed by atoms with Crippen LogP contribution in [0.5, 0.6) is 0 Å². The van der Waals surface area contributed by atoms with Gasteiger partial charge in [0.25, 0.3) is 0 Å². The molecule has 1 aromatic carbocycles. The summed E-state index contributed by atoms with van der Waals surface area (Å²) in [4.78, 5) is 19.0. The number of benzene rings is 1. The first-order valence-electron chi connectivity index (χ1n) is 8.04.